The van der Waals surface area contributed by atoms with Crippen LogP contribution in [0.3, 0.4) is 0 Å². The molecule has 1 aromatic carbocycles. The Balaban J connectivity index is 1.68. The molecule has 2 aromatic rings. The number of nitrogens with zero attached hydrogens (tertiary/aromatic N) is 1. The molecule has 1 aliphatic heterocycles. The number of hydrogen-bond donors (Lipinski definition) is 0. The van der Waals surface area contributed by atoms with Crippen molar-refractivity contribution in [1.82, 2.24) is 4.90 Å². The Morgan fingerprint density at radius 3 is 2.84 bits per heavy atom. The van der Waals surface area contributed by atoms with Crippen molar-refractivity contribution in [3.63, 3.8) is 0 Å². The molecule has 0 amide bonds. The molecule has 0 bridgehead atoms. The second-order valence-electron chi connectivity index (χ2n) is 6.51. The Labute approximate surface area is 157 Å². The lowest BCUT2D eigenvalue weighted by Crippen LogP contribution is -2.38. The molecular weight excluding hydrogens is 350 g/mol. The molecule has 0 radical (unpaired) electrons. The van der Waals surface area contributed by atoms with E-state index in [4.69, 9.17) is 0 Å². The first kappa shape index (κ1) is 18.4. The van der Waals surface area contributed by atoms with Gasteiger partial charge in [0, 0.05) is 29.5 Å². The van der Waals surface area contributed by atoms with Crippen LogP contribution < -0.4 is 0 Å². The van der Waals surface area contributed by atoms with Crippen LogP contribution in [0.25, 0.3) is 0 Å². The molecule has 132 valence electrons. The number of carbonyl (C=O) groups excluding carboxylic acids is 2. The maximum absolute atomic E-state index is 13.0. The van der Waals surface area contributed by atoms with Crippen LogP contribution in [0.4, 0.5) is 0 Å². The minimum absolute atomic E-state index is 0.0629. The van der Waals surface area contributed by atoms with E-state index in [1.54, 1.807) is 18.7 Å². The van der Waals surface area contributed by atoms with Gasteiger partial charge in [-0.15, -0.1) is 23.1 Å². The van der Waals surface area contributed by atoms with E-state index in [2.05, 4.69) is 10.3 Å². The van der Waals surface area contributed by atoms with Gasteiger partial charge in [-0.05, 0) is 55.6 Å². The van der Waals surface area contributed by atoms with Crippen LogP contribution in [0.1, 0.15) is 45.4 Å². The van der Waals surface area contributed by atoms with Gasteiger partial charge in [-0.25, -0.2) is 0 Å². The first-order valence-electron chi connectivity index (χ1n) is 8.56. The van der Waals surface area contributed by atoms with Crippen molar-refractivity contribution in [2.24, 2.45) is 5.92 Å². The molecular formula is C20H23NO2S2. The van der Waals surface area contributed by atoms with Gasteiger partial charge in [0.15, 0.2) is 11.6 Å². The van der Waals surface area contributed by atoms with Crippen molar-refractivity contribution in [1.29, 1.82) is 0 Å². The molecule has 0 spiro atoms. The predicted octanol–water partition coefficient (Wildman–Crippen LogP) is 4.77. The summed E-state index contributed by atoms with van der Waals surface area (Å²) >= 11 is 3.14. The minimum Gasteiger partial charge on any atom is -0.298 e. The summed E-state index contributed by atoms with van der Waals surface area (Å²) in [4.78, 5) is 28.7. The molecule has 3 nitrogen and oxygen atoms in total. The summed E-state index contributed by atoms with van der Waals surface area (Å²) in [6.07, 6.45) is 4.02. The SMILES string of the molecule is CSc1ccccc1C(=O)[C@@H]1CCCN(Cc2csc(C(C)=O)c2)C1. The zero-order valence-electron chi connectivity index (χ0n) is 14.7. The summed E-state index contributed by atoms with van der Waals surface area (Å²) < 4.78 is 0. The van der Waals surface area contributed by atoms with E-state index in [0.29, 0.717) is 0 Å². The lowest BCUT2D eigenvalue weighted by Gasteiger charge is -2.32. The molecule has 3 rings (SSSR count). The largest absolute Gasteiger partial charge is 0.298 e. The fourth-order valence-electron chi connectivity index (χ4n) is 3.38. The second kappa shape index (κ2) is 8.30. The van der Waals surface area contributed by atoms with Gasteiger partial charge in [-0.1, -0.05) is 18.2 Å². The standard InChI is InChI=1S/C20H23NO2S2/c1-14(22)19-10-15(13-25-19)11-21-9-5-6-16(12-21)20(23)17-7-3-4-8-18(17)24-2/h3-4,7-8,10,13,16H,5-6,9,11-12H2,1-2H3/t16-/m1/s1. The number of hydrogen-bond acceptors (Lipinski definition) is 5. The van der Waals surface area contributed by atoms with Gasteiger partial charge < -0.3 is 0 Å². The number of thiophene rings is 1. The van der Waals surface area contributed by atoms with Gasteiger partial charge in [0.25, 0.3) is 0 Å². The quantitative estimate of drug-likeness (QED) is 0.540. The summed E-state index contributed by atoms with van der Waals surface area (Å²) in [5, 5.41) is 2.06. The molecule has 2 heterocycles. The lowest BCUT2D eigenvalue weighted by atomic mass is 9.90. The summed E-state index contributed by atoms with van der Waals surface area (Å²) in [6.45, 7) is 4.23. The number of Topliss-reactive ketones (excluding diaryl/α,β-unsaturated/α-hetero) is 2. The van der Waals surface area contributed by atoms with E-state index in [1.165, 1.54) is 16.9 Å². The highest BCUT2D eigenvalue weighted by atomic mass is 32.2. The van der Waals surface area contributed by atoms with Gasteiger partial charge in [0.1, 0.15) is 0 Å². The maximum Gasteiger partial charge on any atom is 0.169 e. The molecule has 1 fully saturated rings. The maximum atomic E-state index is 13.0. The Bertz CT molecular complexity index is 769. The molecule has 1 saturated heterocycles. The highest BCUT2D eigenvalue weighted by molar-refractivity contribution is 7.98. The normalized spacial score (nSPS) is 18.2. The predicted molar refractivity (Wildman–Crippen MR) is 105 cm³/mol. The van der Waals surface area contributed by atoms with Crippen LogP contribution in [0.5, 0.6) is 0 Å². The minimum atomic E-state index is 0.0629. The first-order valence-corrected chi connectivity index (χ1v) is 10.7. The fourth-order valence-corrected chi connectivity index (χ4v) is 4.79. The third kappa shape index (κ3) is 4.40. The molecule has 1 aliphatic rings. The van der Waals surface area contributed by atoms with E-state index < -0.39 is 0 Å². The van der Waals surface area contributed by atoms with Crippen molar-refractivity contribution < 1.29 is 9.59 Å². The van der Waals surface area contributed by atoms with Gasteiger partial charge in [0.05, 0.1) is 4.88 Å². The Hall–Kier alpha value is -1.43. The molecule has 25 heavy (non-hydrogen) atoms. The van der Waals surface area contributed by atoms with Crippen molar-refractivity contribution in [3.8, 4) is 0 Å². The lowest BCUT2D eigenvalue weighted by molar-refractivity contribution is 0.0808. The Morgan fingerprint density at radius 1 is 1.32 bits per heavy atom. The topological polar surface area (TPSA) is 37.4 Å². The third-order valence-electron chi connectivity index (χ3n) is 4.66. The zero-order chi connectivity index (χ0) is 17.8. The first-order chi connectivity index (χ1) is 12.1. The zero-order valence-corrected chi connectivity index (χ0v) is 16.3. The molecule has 0 aliphatic carbocycles. The fraction of sp³-hybridized carbons (Fsp3) is 0.400. The molecule has 1 atom stereocenters. The number of carbonyl (C=O) groups is 2. The molecule has 1 aromatic heterocycles. The van der Waals surface area contributed by atoms with E-state index >= 15 is 0 Å². The number of benzene rings is 1. The van der Waals surface area contributed by atoms with E-state index in [9.17, 15) is 9.59 Å². The second-order valence-corrected chi connectivity index (χ2v) is 8.27. The van der Waals surface area contributed by atoms with Crippen LogP contribution >= 0.6 is 23.1 Å². The van der Waals surface area contributed by atoms with Crippen LogP contribution in [0.15, 0.2) is 40.6 Å². The Kier molecular flexibility index (Phi) is 6.10. The molecule has 0 saturated carbocycles. The molecule has 0 N–H and O–H groups in total. The van der Waals surface area contributed by atoms with E-state index in [1.807, 2.05) is 36.6 Å². The van der Waals surface area contributed by atoms with Gasteiger partial charge in [-0.3, -0.25) is 14.5 Å². The van der Waals surface area contributed by atoms with Crippen LogP contribution in [0, 0.1) is 5.92 Å². The van der Waals surface area contributed by atoms with Gasteiger partial charge in [-0.2, -0.15) is 0 Å². The average Bonchev–Trinajstić information content (AvgIpc) is 3.10. The number of rotatable bonds is 6. The molecule has 0 unspecified atom stereocenters. The summed E-state index contributed by atoms with van der Waals surface area (Å²) in [7, 11) is 0. The highest BCUT2D eigenvalue weighted by Crippen LogP contribution is 2.28. The monoisotopic (exact) mass is 373 g/mol. The number of likely N-dealkylation sites (tertiary alicyclic amines) is 1. The van der Waals surface area contributed by atoms with Gasteiger partial charge in [0.2, 0.25) is 0 Å². The van der Waals surface area contributed by atoms with Crippen LogP contribution in [-0.2, 0) is 6.54 Å². The highest BCUT2D eigenvalue weighted by Gasteiger charge is 2.27. The Morgan fingerprint density at radius 2 is 2.12 bits per heavy atom. The number of piperidine rings is 1. The average molecular weight is 374 g/mol. The van der Waals surface area contributed by atoms with Crippen molar-refractivity contribution in [2.75, 3.05) is 19.3 Å². The van der Waals surface area contributed by atoms with E-state index in [-0.39, 0.29) is 17.5 Å². The summed E-state index contributed by atoms with van der Waals surface area (Å²) in [5.74, 6) is 0.453. The summed E-state index contributed by atoms with van der Waals surface area (Å²) in [6, 6.07) is 9.89. The third-order valence-corrected chi connectivity index (χ3v) is 6.53. The van der Waals surface area contributed by atoms with Crippen molar-refractivity contribution in [2.45, 2.75) is 31.2 Å². The smallest absolute Gasteiger partial charge is 0.169 e. The van der Waals surface area contributed by atoms with Gasteiger partial charge >= 0.3 is 0 Å². The molecule has 5 heteroatoms. The van der Waals surface area contributed by atoms with Crippen LogP contribution in [-0.4, -0.2) is 35.8 Å². The van der Waals surface area contributed by atoms with Crippen molar-refractivity contribution >= 4 is 34.7 Å². The summed E-state index contributed by atoms with van der Waals surface area (Å²) in [5.41, 5.74) is 2.03. The van der Waals surface area contributed by atoms with Crippen molar-refractivity contribution in [3.05, 3.63) is 51.7 Å². The number of thioether (sulfide) groups is 1. The van der Waals surface area contributed by atoms with Crippen LogP contribution in [0.2, 0.25) is 0 Å². The number of ketones is 2. The van der Waals surface area contributed by atoms with E-state index in [0.717, 1.165) is 47.8 Å².